The van der Waals surface area contributed by atoms with Crippen LogP contribution in [0.5, 0.6) is 0 Å². The van der Waals surface area contributed by atoms with Gasteiger partial charge in [-0.25, -0.2) is 4.39 Å². The number of halogens is 1. The zero-order valence-corrected chi connectivity index (χ0v) is 10.2. The van der Waals surface area contributed by atoms with Gasteiger partial charge in [-0.3, -0.25) is 4.79 Å². The molecule has 0 aliphatic heterocycles. The Bertz CT molecular complexity index is 377. The van der Waals surface area contributed by atoms with Gasteiger partial charge in [-0.2, -0.15) is 0 Å². The van der Waals surface area contributed by atoms with Crippen LogP contribution < -0.4 is 11.1 Å². The van der Waals surface area contributed by atoms with Crippen LogP contribution in [0.25, 0.3) is 0 Å². The first kappa shape index (κ1) is 13.5. The van der Waals surface area contributed by atoms with Crippen LogP contribution in [0.1, 0.15) is 26.7 Å². The maximum Gasteiger partial charge on any atom is 0.240 e. The Morgan fingerprint density at radius 2 is 1.94 bits per heavy atom. The number of benzene rings is 1. The van der Waals surface area contributed by atoms with E-state index in [4.69, 9.17) is 5.73 Å². The Labute approximate surface area is 101 Å². The molecular weight excluding hydrogens is 219 g/mol. The summed E-state index contributed by atoms with van der Waals surface area (Å²) < 4.78 is 13.5. The fraction of sp³-hybridized carbons (Fsp3) is 0.462. The lowest BCUT2D eigenvalue weighted by atomic mass is 9.93. The predicted molar refractivity (Wildman–Crippen MR) is 67.1 cm³/mol. The summed E-state index contributed by atoms with van der Waals surface area (Å²) in [5, 5.41) is 2.90. The molecule has 1 aromatic rings. The van der Waals surface area contributed by atoms with E-state index >= 15 is 0 Å². The molecule has 1 amide bonds. The van der Waals surface area contributed by atoms with Crippen molar-refractivity contribution in [3.8, 4) is 0 Å². The third-order valence-corrected chi connectivity index (χ3v) is 3.01. The zero-order chi connectivity index (χ0) is 12.8. The number of amides is 1. The minimum Gasteiger partial charge on any atom is -0.371 e. The summed E-state index contributed by atoms with van der Waals surface area (Å²) in [5.74, 6) is -0.696. The molecule has 0 heterocycles. The number of carbonyl (C=O) groups is 1. The standard InChI is InChI=1S/C13H19FN2O/c1-3-9(4-2)12(13(15)17)16-11-8-6-5-7-10(11)14/h5-9,12,16H,3-4H2,1-2H3,(H2,15,17). The van der Waals surface area contributed by atoms with Gasteiger partial charge in [0.25, 0.3) is 0 Å². The number of hydrogen-bond donors (Lipinski definition) is 2. The molecule has 3 nitrogen and oxygen atoms in total. The molecule has 0 aliphatic rings. The normalized spacial score (nSPS) is 12.5. The van der Waals surface area contributed by atoms with Gasteiger partial charge in [0.05, 0.1) is 5.69 Å². The van der Waals surface area contributed by atoms with Crippen molar-refractivity contribution < 1.29 is 9.18 Å². The molecule has 94 valence electrons. The Balaban J connectivity index is 2.87. The van der Waals surface area contributed by atoms with Gasteiger partial charge in [0.15, 0.2) is 0 Å². The predicted octanol–water partition coefficient (Wildman–Crippen LogP) is 2.53. The lowest BCUT2D eigenvalue weighted by molar-refractivity contribution is -0.119. The van der Waals surface area contributed by atoms with Gasteiger partial charge in [-0.1, -0.05) is 38.8 Å². The van der Waals surface area contributed by atoms with E-state index < -0.39 is 11.9 Å². The van der Waals surface area contributed by atoms with Gasteiger partial charge in [0.1, 0.15) is 11.9 Å². The molecule has 4 heteroatoms. The molecule has 0 spiro atoms. The molecule has 0 bridgehead atoms. The highest BCUT2D eigenvalue weighted by atomic mass is 19.1. The highest BCUT2D eigenvalue weighted by Crippen LogP contribution is 2.20. The minimum atomic E-state index is -0.526. The average Bonchev–Trinajstić information content (AvgIpc) is 2.31. The third-order valence-electron chi connectivity index (χ3n) is 3.01. The van der Waals surface area contributed by atoms with Crippen LogP contribution in [0, 0.1) is 11.7 Å². The molecule has 0 fully saturated rings. The first-order chi connectivity index (χ1) is 8.10. The molecule has 0 saturated heterocycles. The smallest absolute Gasteiger partial charge is 0.240 e. The Hall–Kier alpha value is -1.58. The second-order valence-electron chi connectivity index (χ2n) is 4.08. The van der Waals surface area contributed by atoms with Gasteiger partial charge >= 0.3 is 0 Å². The largest absolute Gasteiger partial charge is 0.371 e. The summed E-state index contributed by atoms with van der Waals surface area (Å²) >= 11 is 0. The van der Waals surface area contributed by atoms with Gasteiger partial charge in [0.2, 0.25) is 5.91 Å². The van der Waals surface area contributed by atoms with E-state index in [0.717, 1.165) is 12.8 Å². The van der Waals surface area contributed by atoms with Crippen molar-refractivity contribution in [1.29, 1.82) is 0 Å². The minimum absolute atomic E-state index is 0.118. The van der Waals surface area contributed by atoms with Crippen LogP contribution >= 0.6 is 0 Å². The number of para-hydroxylation sites is 1. The van der Waals surface area contributed by atoms with Crippen molar-refractivity contribution in [2.75, 3.05) is 5.32 Å². The quantitative estimate of drug-likeness (QED) is 0.800. The number of hydrogen-bond acceptors (Lipinski definition) is 2. The lowest BCUT2D eigenvalue weighted by Crippen LogP contribution is -2.41. The van der Waals surface area contributed by atoms with Crippen molar-refractivity contribution in [2.45, 2.75) is 32.7 Å². The highest BCUT2D eigenvalue weighted by Gasteiger charge is 2.24. The molecule has 1 atom stereocenters. The van der Waals surface area contributed by atoms with E-state index in [1.165, 1.54) is 6.07 Å². The summed E-state index contributed by atoms with van der Waals surface area (Å²) in [6.07, 6.45) is 1.65. The van der Waals surface area contributed by atoms with Crippen LogP contribution in [0.15, 0.2) is 24.3 Å². The molecule has 17 heavy (non-hydrogen) atoms. The molecule has 1 rings (SSSR count). The number of nitrogens with one attached hydrogen (secondary N) is 1. The van der Waals surface area contributed by atoms with E-state index in [-0.39, 0.29) is 11.7 Å². The average molecular weight is 238 g/mol. The number of carbonyl (C=O) groups excluding carboxylic acids is 1. The topological polar surface area (TPSA) is 55.1 Å². The molecule has 0 radical (unpaired) electrons. The van der Waals surface area contributed by atoms with Crippen molar-refractivity contribution in [2.24, 2.45) is 11.7 Å². The summed E-state index contributed by atoms with van der Waals surface area (Å²) in [6.45, 7) is 3.99. The monoisotopic (exact) mass is 238 g/mol. The second-order valence-corrected chi connectivity index (χ2v) is 4.08. The van der Waals surface area contributed by atoms with Crippen molar-refractivity contribution in [3.05, 3.63) is 30.1 Å². The fourth-order valence-electron chi connectivity index (χ4n) is 1.93. The van der Waals surface area contributed by atoms with E-state index in [0.29, 0.717) is 5.69 Å². The lowest BCUT2D eigenvalue weighted by Gasteiger charge is -2.24. The molecule has 1 aromatic carbocycles. The van der Waals surface area contributed by atoms with Crippen LogP contribution in [0.4, 0.5) is 10.1 Å². The first-order valence-electron chi connectivity index (χ1n) is 5.90. The van der Waals surface area contributed by atoms with Crippen molar-refractivity contribution in [1.82, 2.24) is 0 Å². The number of rotatable bonds is 6. The number of primary amides is 1. The van der Waals surface area contributed by atoms with Crippen LogP contribution in [-0.4, -0.2) is 11.9 Å². The summed E-state index contributed by atoms with van der Waals surface area (Å²) in [4.78, 5) is 11.4. The number of nitrogens with two attached hydrogens (primary N) is 1. The summed E-state index contributed by atoms with van der Waals surface area (Å²) in [6, 6.07) is 5.76. The molecule has 0 saturated carbocycles. The van der Waals surface area contributed by atoms with E-state index in [2.05, 4.69) is 5.32 Å². The van der Waals surface area contributed by atoms with Crippen LogP contribution in [-0.2, 0) is 4.79 Å². The summed E-state index contributed by atoms with van der Waals surface area (Å²) in [7, 11) is 0. The third kappa shape index (κ3) is 3.44. The van der Waals surface area contributed by atoms with Crippen LogP contribution in [0.2, 0.25) is 0 Å². The van der Waals surface area contributed by atoms with Gasteiger partial charge < -0.3 is 11.1 Å². The molecule has 0 aliphatic carbocycles. The fourth-order valence-corrected chi connectivity index (χ4v) is 1.93. The Kier molecular flexibility index (Phi) is 4.94. The zero-order valence-electron chi connectivity index (χ0n) is 10.2. The van der Waals surface area contributed by atoms with Crippen molar-refractivity contribution >= 4 is 11.6 Å². The SMILES string of the molecule is CCC(CC)C(Nc1ccccc1F)C(N)=O. The Morgan fingerprint density at radius 3 is 2.41 bits per heavy atom. The van der Waals surface area contributed by atoms with E-state index in [9.17, 15) is 9.18 Å². The Morgan fingerprint density at radius 1 is 1.35 bits per heavy atom. The summed E-state index contributed by atoms with van der Waals surface area (Å²) in [5.41, 5.74) is 5.69. The molecule has 1 unspecified atom stereocenters. The molecular formula is C13H19FN2O. The molecule has 3 N–H and O–H groups in total. The van der Waals surface area contributed by atoms with Gasteiger partial charge in [-0.05, 0) is 18.1 Å². The maximum absolute atomic E-state index is 13.5. The van der Waals surface area contributed by atoms with Crippen molar-refractivity contribution in [3.63, 3.8) is 0 Å². The molecule has 0 aromatic heterocycles. The second kappa shape index (κ2) is 6.23. The number of anilines is 1. The first-order valence-corrected chi connectivity index (χ1v) is 5.90. The van der Waals surface area contributed by atoms with E-state index in [1.807, 2.05) is 13.8 Å². The van der Waals surface area contributed by atoms with Crippen LogP contribution in [0.3, 0.4) is 0 Å². The maximum atomic E-state index is 13.5. The van der Waals surface area contributed by atoms with Gasteiger partial charge in [-0.15, -0.1) is 0 Å². The van der Waals surface area contributed by atoms with E-state index in [1.54, 1.807) is 18.2 Å². The highest BCUT2D eigenvalue weighted by molar-refractivity contribution is 5.83. The van der Waals surface area contributed by atoms with Gasteiger partial charge in [0, 0.05) is 0 Å².